The van der Waals surface area contributed by atoms with Crippen LogP contribution in [0.5, 0.6) is 0 Å². The summed E-state index contributed by atoms with van der Waals surface area (Å²) in [5.41, 5.74) is 0.877. The molecule has 1 aliphatic rings. The zero-order valence-corrected chi connectivity index (χ0v) is 12.7. The molecule has 0 atom stereocenters. The molecule has 0 radical (unpaired) electrons. The topological polar surface area (TPSA) is 68.1 Å². The van der Waals surface area contributed by atoms with Crippen LogP contribution in [0.4, 0.5) is 5.82 Å². The van der Waals surface area contributed by atoms with Gasteiger partial charge in [0.15, 0.2) is 5.65 Å². The number of ether oxygens (including phenoxy) is 1. The van der Waals surface area contributed by atoms with Crippen LogP contribution < -0.4 is 5.32 Å². The second-order valence-corrected chi connectivity index (χ2v) is 5.27. The molecule has 0 aliphatic carbocycles. The molecule has 0 amide bonds. The minimum absolute atomic E-state index is 0.753. The van der Waals surface area contributed by atoms with E-state index < -0.39 is 0 Å². The van der Waals surface area contributed by atoms with E-state index in [1.165, 1.54) is 0 Å². The molecular formula is C14H22N6O. The SMILES string of the molecule is CCNc1nc(CN2CCCOCC2)nc2c1cnn2C. The highest BCUT2D eigenvalue weighted by Crippen LogP contribution is 2.20. The van der Waals surface area contributed by atoms with E-state index >= 15 is 0 Å². The van der Waals surface area contributed by atoms with Crippen molar-refractivity contribution in [2.45, 2.75) is 19.9 Å². The van der Waals surface area contributed by atoms with E-state index in [1.54, 1.807) is 4.68 Å². The van der Waals surface area contributed by atoms with Crippen molar-refractivity contribution in [1.82, 2.24) is 24.6 Å². The molecule has 2 aromatic heterocycles. The van der Waals surface area contributed by atoms with Crippen molar-refractivity contribution in [2.75, 3.05) is 38.2 Å². The van der Waals surface area contributed by atoms with Crippen LogP contribution in [0, 0.1) is 0 Å². The van der Waals surface area contributed by atoms with Crippen LogP contribution >= 0.6 is 0 Å². The van der Waals surface area contributed by atoms with E-state index in [9.17, 15) is 0 Å². The van der Waals surface area contributed by atoms with E-state index in [0.717, 1.165) is 68.5 Å². The number of anilines is 1. The first-order valence-corrected chi connectivity index (χ1v) is 7.50. The lowest BCUT2D eigenvalue weighted by molar-refractivity contribution is 0.140. The Morgan fingerprint density at radius 3 is 3.05 bits per heavy atom. The first-order valence-electron chi connectivity index (χ1n) is 7.50. The zero-order valence-electron chi connectivity index (χ0n) is 12.7. The molecular weight excluding hydrogens is 268 g/mol. The second kappa shape index (κ2) is 6.36. The normalized spacial score (nSPS) is 17.0. The van der Waals surface area contributed by atoms with Gasteiger partial charge < -0.3 is 10.1 Å². The summed E-state index contributed by atoms with van der Waals surface area (Å²) >= 11 is 0. The van der Waals surface area contributed by atoms with Gasteiger partial charge in [0, 0.05) is 33.3 Å². The first kappa shape index (κ1) is 14.2. The van der Waals surface area contributed by atoms with E-state index in [4.69, 9.17) is 4.74 Å². The second-order valence-electron chi connectivity index (χ2n) is 5.27. The highest BCUT2D eigenvalue weighted by Gasteiger charge is 2.15. The average molecular weight is 290 g/mol. The van der Waals surface area contributed by atoms with Crippen LogP contribution in [-0.4, -0.2) is 57.5 Å². The molecule has 3 heterocycles. The molecule has 114 valence electrons. The number of hydrogen-bond acceptors (Lipinski definition) is 6. The maximum atomic E-state index is 5.49. The molecule has 1 saturated heterocycles. The largest absolute Gasteiger partial charge is 0.380 e. The summed E-state index contributed by atoms with van der Waals surface area (Å²) in [6.45, 7) is 7.25. The molecule has 0 spiro atoms. The van der Waals surface area contributed by atoms with Crippen LogP contribution in [0.15, 0.2) is 6.20 Å². The molecule has 7 nitrogen and oxygen atoms in total. The van der Waals surface area contributed by atoms with Crippen LogP contribution in [0.3, 0.4) is 0 Å². The monoisotopic (exact) mass is 290 g/mol. The molecule has 0 unspecified atom stereocenters. The highest BCUT2D eigenvalue weighted by atomic mass is 16.5. The van der Waals surface area contributed by atoms with Gasteiger partial charge in [0.1, 0.15) is 11.6 Å². The fourth-order valence-corrected chi connectivity index (χ4v) is 2.60. The number of nitrogens with one attached hydrogen (secondary N) is 1. The van der Waals surface area contributed by atoms with Crippen molar-refractivity contribution < 1.29 is 4.74 Å². The van der Waals surface area contributed by atoms with Crippen molar-refractivity contribution >= 4 is 16.9 Å². The Hall–Kier alpha value is -1.73. The summed E-state index contributed by atoms with van der Waals surface area (Å²) in [6.07, 6.45) is 2.88. The third-order valence-corrected chi connectivity index (χ3v) is 3.66. The van der Waals surface area contributed by atoms with Crippen LogP contribution in [0.1, 0.15) is 19.2 Å². The Morgan fingerprint density at radius 2 is 2.19 bits per heavy atom. The van der Waals surface area contributed by atoms with Gasteiger partial charge >= 0.3 is 0 Å². The van der Waals surface area contributed by atoms with Gasteiger partial charge in [-0.1, -0.05) is 0 Å². The smallest absolute Gasteiger partial charge is 0.163 e. The number of rotatable bonds is 4. The fourth-order valence-electron chi connectivity index (χ4n) is 2.60. The lowest BCUT2D eigenvalue weighted by Gasteiger charge is -2.18. The summed E-state index contributed by atoms with van der Waals surface area (Å²) in [5, 5.41) is 8.56. The van der Waals surface area contributed by atoms with Gasteiger partial charge in [-0.15, -0.1) is 0 Å². The van der Waals surface area contributed by atoms with E-state index in [0.29, 0.717) is 0 Å². The van der Waals surface area contributed by atoms with Gasteiger partial charge in [0.05, 0.1) is 24.7 Å². The predicted molar refractivity (Wildman–Crippen MR) is 81.2 cm³/mol. The molecule has 1 fully saturated rings. The fraction of sp³-hybridized carbons (Fsp3) is 0.643. The Kier molecular flexibility index (Phi) is 4.31. The Balaban J connectivity index is 1.88. The molecule has 3 rings (SSSR count). The number of hydrogen-bond donors (Lipinski definition) is 1. The van der Waals surface area contributed by atoms with E-state index in [2.05, 4.69) is 32.2 Å². The summed E-state index contributed by atoms with van der Waals surface area (Å²) < 4.78 is 7.29. The number of aromatic nitrogens is 4. The minimum atomic E-state index is 0.753. The lowest BCUT2D eigenvalue weighted by Crippen LogP contribution is -2.27. The van der Waals surface area contributed by atoms with Crippen molar-refractivity contribution in [2.24, 2.45) is 7.05 Å². The molecule has 7 heteroatoms. The van der Waals surface area contributed by atoms with Crippen molar-refractivity contribution in [3.8, 4) is 0 Å². The molecule has 1 aliphatic heterocycles. The summed E-state index contributed by atoms with van der Waals surface area (Å²) in [7, 11) is 1.91. The summed E-state index contributed by atoms with van der Waals surface area (Å²) in [4.78, 5) is 11.7. The van der Waals surface area contributed by atoms with Gasteiger partial charge in [-0.2, -0.15) is 5.10 Å². The van der Waals surface area contributed by atoms with E-state index in [-0.39, 0.29) is 0 Å². The van der Waals surface area contributed by atoms with Crippen LogP contribution in [0.2, 0.25) is 0 Å². The number of fused-ring (bicyclic) bond motifs is 1. The average Bonchev–Trinajstić information content (AvgIpc) is 2.69. The van der Waals surface area contributed by atoms with E-state index in [1.807, 2.05) is 13.2 Å². The maximum Gasteiger partial charge on any atom is 0.163 e. The Labute approximate surface area is 124 Å². The quantitative estimate of drug-likeness (QED) is 0.906. The lowest BCUT2D eigenvalue weighted by atomic mass is 10.3. The number of nitrogens with zero attached hydrogens (tertiary/aromatic N) is 5. The van der Waals surface area contributed by atoms with Gasteiger partial charge in [0.25, 0.3) is 0 Å². The standard InChI is InChI=1S/C14H22N6O/c1-3-15-13-11-9-16-19(2)14(11)18-12(17-13)10-20-5-4-7-21-8-6-20/h9H,3-8,10H2,1-2H3,(H,15,17,18). The Morgan fingerprint density at radius 1 is 1.29 bits per heavy atom. The third-order valence-electron chi connectivity index (χ3n) is 3.66. The molecule has 1 N–H and O–H groups in total. The number of aryl methyl sites for hydroxylation is 1. The first-order chi connectivity index (χ1) is 10.3. The van der Waals surface area contributed by atoms with Crippen LogP contribution in [-0.2, 0) is 18.3 Å². The molecule has 21 heavy (non-hydrogen) atoms. The summed E-state index contributed by atoms with van der Waals surface area (Å²) in [5.74, 6) is 1.71. The minimum Gasteiger partial charge on any atom is -0.380 e. The van der Waals surface area contributed by atoms with Crippen molar-refractivity contribution in [3.05, 3.63) is 12.0 Å². The molecule has 0 bridgehead atoms. The van der Waals surface area contributed by atoms with Crippen molar-refractivity contribution in [1.29, 1.82) is 0 Å². The van der Waals surface area contributed by atoms with Crippen LogP contribution in [0.25, 0.3) is 11.0 Å². The predicted octanol–water partition coefficient (Wildman–Crippen LogP) is 1.02. The molecule has 0 aromatic carbocycles. The molecule has 0 saturated carbocycles. The Bertz CT molecular complexity index is 603. The maximum absolute atomic E-state index is 5.49. The van der Waals surface area contributed by atoms with Gasteiger partial charge in [0.2, 0.25) is 0 Å². The third kappa shape index (κ3) is 3.14. The van der Waals surface area contributed by atoms with Gasteiger partial charge in [-0.05, 0) is 13.3 Å². The van der Waals surface area contributed by atoms with Gasteiger partial charge in [-0.3, -0.25) is 9.58 Å². The van der Waals surface area contributed by atoms with Gasteiger partial charge in [-0.25, -0.2) is 9.97 Å². The summed E-state index contributed by atoms with van der Waals surface area (Å²) in [6, 6.07) is 0. The zero-order chi connectivity index (χ0) is 14.7. The molecule has 2 aromatic rings. The highest BCUT2D eigenvalue weighted by molar-refractivity contribution is 5.86. The van der Waals surface area contributed by atoms with Crippen molar-refractivity contribution in [3.63, 3.8) is 0 Å².